The van der Waals surface area contributed by atoms with Gasteiger partial charge in [0.2, 0.25) is 5.88 Å². The van der Waals surface area contributed by atoms with Gasteiger partial charge in [0.05, 0.1) is 0 Å². The first-order chi connectivity index (χ1) is 14.7. The van der Waals surface area contributed by atoms with E-state index in [2.05, 4.69) is 25.2 Å². The Labute approximate surface area is 191 Å². The number of fused-ring (bicyclic) bond motifs is 2. The van der Waals surface area contributed by atoms with Crippen molar-refractivity contribution in [3.05, 3.63) is 53.6 Å². The molecule has 1 N–H and O–H groups in total. The summed E-state index contributed by atoms with van der Waals surface area (Å²) in [6, 6.07) is 11.2. The Morgan fingerprint density at radius 3 is 2.60 bits per heavy atom. The van der Waals surface area contributed by atoms with Crippen LogP contribution >= 0.6 is 34.6 Å². The number of anilines is 1. The zero-order valence-electron chi connectivity index (χ0n) is 15.7. The minimum absolute atomic E-state index is 0.151. The van der Waals surface area contributed by atoms with Gasteiger partial charge in [0.25, 0.3) is 0 Å². The van der Waals surface area contributed by atoms with E-state index in [-0.39, 0.29) is 17.1 Å². The maximum Gasteiger partial charge on any atom is 0.238 e. The number of benzene rings is 2. The third kappa shape index (κ3) is 3.23. The average molecular weight is 536 g/mol. The second-order valence-corrected chi connectivity index (χ2v) is 7.81. The zero-order chi connectivity index (χ0) is 20.7. The molecule has 2 aromatic heterocycles. The van der Waals surface area contributed by atoms with Gasteiger partial charge < -0.3 is 13.3 Å². The van der Waals surface area contributed by atoms with E-state index in [1.165, 1.54) is 6.33 Å². The molecule has 0 amide bonds. The molecular formula is C21H16ClFIN5O. The molecule has 0 radical (unpaired) electrons. The van der Waals surface area contributed by atoms with E-state index >= 15 is 4.39 Å². The Morgan fingerprint density at radius 2 is 1.83 bits per heavy atom. The van der Waals surface area contributed by atoms with E-state index in [0.29, 0.717) is 21.8 Å². The van der Waals surface area contributed by atoms with Crippen LogP contribution in [0, 0.1) is 5.82 Å². The summed E-state index contributed by atoms with van der Waals surface area (Å²) in [5, 5.41) is 5.96. The predicted octanol–water partition coefficient (Wildman–Crippen LogP) is 4.78. The summed E-state index contributed by atoms with van der Waals surface area (Å²) in [7, 11) is 0. The molecule has 1 fully saturated rings. The number of nitrogens with zero attached hydrogens (tertiary/aromatic N) is 4. The summed E-state index contributed by atoms with van der Waals surface area (Å²) in [5.74, 6) is 0.385. The SMILES string of the molecule is Fc1c(-c2cccc3cccc(Cl)c23)nc(OI)c2c(N3CCNCC3)ncnc12. The van der Waals surface area contributed by atoms with E-state index in [0.717, 1.165) is 37.0 Å². The summed E-state index contributed by atoms with van der Waals surface area (Å²) in [5.41, 5.74) is 0.923. The highest BCUT2D eigenvalue weighted by Crippen LogP contribution is 2.40. The average Bonchev–Trinajstić information content (AvgIpc) is 2.80. The summed E-state index contributed by atoms with van der Waals surface area (Å²) < 4.78 is 21.3. The van der Waals surface area contributed by atoms with E-state index in [1.54, 1.807) is 35.1 Å². The quantitative estimate of drug-likeness (QED) is 0.381. The number of hydrogen-bond donors (Lipinski definition) is 1. The molecule has 4 aromatic rings. The molecule has 6 nitrogen and oxygen atoms in total. The van der Waals surface area contributed by atoms with Crippen LogP contribution < -0.4 is 13.3 Å². The lowest BCUT2D eigenvalue weighted by atomic mass is 10.0. The van der Waals surface area contributed by atoms with Crippen molar-refractivity contribution in [2.45, 2.75) is 0 Å². The molecule has 152 valence electrons. The van der Waals surface area contributed by atoms with Gasteiger partial charge in [0.15, 0.2) is 28.8 Å². The molecule has 0 atom stereocenters. The predicted molar refractivity (Wildman–Crippen MR) is 125 cm³/mol. The van der Waals surface area contributed by atoms with Crippen molar-refractivity contribution in [3.8, 4) is 17.1 Å². The highest BCUT2D eigenvalue weighted by atomic mass is 127. The Morgan fingerprint density at radius 1 is 1.07 bits per heavy atom. The lowest BCUT2D eigenvalue weighted by Gasteiger charge is -2.29. The van der Waals surface area contributed by atoms with Gasteiger partial charge in [-0.1, -0.05) is 41.9 Å². The monoisotopic (exact) mass is 535 g/mol. The van der Waals surface area contributed by atoms with Crippen LogP contribution in [0.4, 0.5) is 10.2 Å². The lowest BCUT2D eigenvalue weighted by molar-refractivity contribution is 0.584. The van der Waals surface area contributed by atoms with Gasteiger partial charge in [0.1, 0.15) is 28.7 Å². The van der Waals surface area contributed by atoms with Crippen LogP contribution in [-0.4, -0.2) is 41.1 Å². The van der Waals surface area contributed by atoms with Crippen molar-refractivity contribution in [2.75, 3.05) is 31.1 Å². The molecule has 0 unspecified atom stereocenters. The van der Waals surface area contributed by atoms with Crippen LogP contribution in [0.2, 0.25) is 5.02 Å². The van der Waals surface area contributed by atoms with Crippen molar-refractivity contribution in [2.24, 2.45) is 0 Å². The summed E-state index contributed by atoms with van der Waals surface area (Å²) >= 11 is 8.23. The summed E-state index contributed by atoms with van der Waals surface area (Å²) in [4.78, 5) is 15.3. The number of nitrogens with one attached hydrogen (secondary N) is 1. The normalized spacial score (nSPS) is 14.4. The van der Waals surface area contributed by atoms with Crippen molar-refractivity contribution >= 4 is 62.1 Å². The van der Waals surface area contributed by atoms with Crippen molar-refractivity contribution in [1.29, 1.82) is 0 Å². The molecule has 0 aliphatic carbocycles. The molecule has 2 aromatic carbocycles. The van der Waals surface area contributed by atoms with E-state index < -0.39 is 5.82 Å². The van der Waals surface area contributed by atoms with Crippen molar-refractivity contribution in [3.63, 3.8) is 0 Å². The van der Waals surface area contributed by atoms with Gasteiger partial charge in [-0.2, -0.15) is 0 Å². The maximum atomic E-state index is 15.8. The van der Waals surface area contributed by atoms with Gasteiger partial charge in [0, 0.05) is 42.2 Å². The topological polar surface area (TPSA) is 63.2 Å². The minimum Gasteiger partial charge on any atom is -0.407 e. The molecule has 9 heteroatoms. The van der Waals surface area contributed by atoms with E-state index in [1.807, 2.05) is 24.3 Å². The second-order valence-electron chi connectivity index (χ2n) is 6.96. The fourth-order valence-electron chi connectivity index (χ4n) is 3.90. The van der Waals surface area contributed by atoms with Gasteiger partial charge in [-0.25, -0.2) is 19.3 Å². The van der Waals surface area contributed by atoms with Crippen LogP contribution in [0.15, 0.2) is 42.7 Å². The second kappa shape index (κ2) is 8.09. The molecule has 30 heavy (non-hydrogen) atoms. The molecule has 3 heterocycles. The maximum absolute atomic E-state index is 15.8. The number of rotatable bonds is 3. The molecule has 1 aliphatic rings. The molecule has 0 spiro atoms. The van der Waals surface area contributed by atoms with E-state index in [9.17, 15) is 0 Å². The largest absolute Gasteiger partial charge is 0.407 e. The van der Waals surface area contributed by atoms with Crippen LogP contribution in [0.3, 0.4) is 0 Å². The van der Waals surface area contributed by atoms with Crippen LogP contribution in [0.5, 0.6) is 5.88 Å². The number of pyridine rings is 1. The summed E-state index contributed by atoms with van der Waals surface area (Å²) in [6.45, 7) is 3.17. The minimum atomic E-state index is -0.520. The van der Waals surface area contributed by atoms with E-state index in [4.69, 9.17) is 14.7 Å². The van der Waals surface area contributed by atoms with Crippen molar-refractivity contribution < 1.29 is 7.46 Å². The summed E-state index contributed by atoms with van der Waals surface area (Å²) in [6.07, 6.45) is 1.39. The Kier molecular flexibility index (Phi) is 5.30. The van der Waals surface area contributed by atoms with Crippen LogP contribution in [0.1, 0.15) is 0 Å². The molecule has 5 rings (SSSR count). The van der Waals surface area contributed by atoms with Gasteiger partial charge in [-0.05, 0) is 11.5 Å². The smallest absolute Gasteiger partial charge is 0.238 e. The first-order valence-electron chi connectivity index (χ1n) is 9.45. The Hall–Kier alpha value is -2.30. The van der Waals surface area contributed by atoms with Gasteiger partial charge in [-0.15, -0.1) is 0 Å². The standard InChI is InChI=1S/C21H16ClFIN5O/c22-14-6-2-4-12-3-1-5-13(15(12)14)18-17(23)19-16(21(28-18)30-24)20(27-11-26-19)29-9-7-25-8-10-29/h1-6,11,25H,7-10H2. The third-order valence-corrected chi connectivity index (χ3v) is 6.00. The third-order valence-electron chi connectivity index (χ3n) is 5.27. The van der Waals surface area contributed by atoms with Crippen LogP contribution in [-0.2, 0) is 0 Å². The van der Waals surface area contributed by atoms with Gasteiger partial charge in [-0.3, -0.25) is 0 Å². The number of piperazine rings is 1. The van der Waals surface area contributed by atoms with Crippen LogP contribution in [0.25, 0.3) is 32.9 Å². The lowest BCUT2D eigenvalue weighted by Crippen LogP contribution is -2.44. The molecule has 1 saturated heterocycles. The fraction of sp³-hybridized carbons (Fsp3) is 0.190. The Bertz CT molecular complexity index is 1260. The highest BCUT2D eigenvalue weighted by Gasteiger charge is 2.25. The van der Waals surface area contributed by atoms with Gasteiger partial charge >= 0.3 is 0 Å². The fourth-order valence-corrected chi connectivity index (χ4v) is 4.50. The Balaban J connectivity index is 1.80. The zero-order valence-corrected chi connectivity index (χ0v) is 18.6. The molecular weight excluding hydrogens is 520 g/mol. The first-order valence-corrected chi connectivity index (χ1v) is 10.7. The first kappa shape index (κ1) is 19.7. The molecule has 0 saturated carbocycles. The molecule has 1 aliphatic heterocycles. The number of halogens is 3. The number of aromatic nitrogens is 3. The van der Waals surface area contributed by atoms with Crippen molar-refractivity contribution in [1.82, 2.24) is 20.3 Å². The number of hydrogen-bond acceptors (Lipinski definition) is 6. The highest BCUT2D eigenvalue weighted by molar-refractivity contribution is 14.1. The molecule has 0 bridgehead atoms.